The first-order valence-corrected chi connectivity index (χ1v) is 10.0. The summed E-state index contributed by atoms with van der Waals surface area (Å²) in [6.45, 7) is 2.86. The molecule has 9 nitrogen and oxygen atoms in total. The van der Waals surface area contributed by atoms with Crippen molar-refractivity contribution in [1.29, 1.82) is 0 Å². The normalized spacial score (nSPS) is 20.6. The maximum absolute atomic E-state index is 12.6. The lowest BCUT2D eigenvalue weighted by molar-refractivity contribution is -0.122. The second-order valence-corrected chi connectivity index (χ2v) is 7.65. The van der Waals surface area contributed by atoms with Crippen LogP contribution in [0.5, 0.6) is 0 Å². The van der Waals surface area contributed by atoms with Crippen molar-refractivity contribution < 1.29 is 9.53 Å². The number of fused-ring (bicyclic) bond motifs is 1. The largest absolute Gasteiger partial charge is 0.376 e. The minimum atomic E-state index is -0.331. The summed E-state index contributed by atoms with van der Waals surface area (Å²) in [6.07, 6.45) is 5.25. The fourth-order valence-corrected chi connectivity index (χ4v) is 4.16. The van der Waals surface area contributed by atoms with Crippen LogP contribution in [0, 0.1) is 0 Å². The predicted molar refractivity (Wildman–Crippen MR) is 98.8 cm³/mol. The SMILES string of the molecule is O=C(Cn1nc2c(N3CCSCC3)nccn2c1=O)NC[C@@H]1CCCO1. The molecule has 10 heteroatoms. The molecule has 2 aromatic heterocycles. The Labute approximate surface area is 154 Å². The highest BCUT2D eigenvalue weighted by Crippen LogP contribution is 2.20. The highest BCUT2D eigenvalue weighted by atomic mass is 32.2. The van der Waals surface area contributed by atoms with Crippen LogP contribution in [0.3, 0.4) is 0 Å². The molecule has 0 radical (unpaired) electrons. The van der Waals surface area contributed by atoms with Crippen molar-refractivity contribution in [1.82, 2.24) is 24.5 Å². The number of carbonyl (C=O) groups excluding carboxylic acids is 1. The van der Waals surface area contributed by atoms with Gasteiger partial charge >= 0.3 is 5.69 Å². The van der Waals surface area contributed by atoms with Crippen molar-refractivity contribution in [2.75, 3.05) is 42.6 Å². The first-order chi connectivity index (χ1) is 12.7. The molecule has 0 saturated carbocycles. The first kappa shape index (κ1) is 17.3. The molecule has 1 atom stereocenters. The zero-order valence-corrected chi connectivity index (χ0v) is 15.3. The van der Waals surface area contributed by atoms with Gasteiger partial charge in [0.05, 0.1) is 6.10 Å². The van der Waals surface area contributed by atoms with E-state index in [9.17, 15) is 9.59 Å². The van der Waals surface area contributed by atoms with Crippen LogP contribution in [-0.4, -0.2) is 68.9 Å². The van der Waals surface area contributed by atoms with Gasteiger partial charge in [0.1, 0.15) is 6.54 Å². The third-order valence-corrected chi connectivity index (χ3v) is 5.58. The number of amides is 1. The quantitative estimate of drug-likeness (QED) is 0.766. The number of thioether (sulfide) groups is 1. The van der Waals surface area contributed by atoms with Gasteiger partial charge in [0.2, 0.25) is 11.6 Å². The van der Waals surface area contributed by atoms with E-state index in [0.717, 1.165) is 44.0 Å². The smallest absolute Gasteiger partial charge is 0.350 e. The summed E-state index contributed by atoms with van der Waals surface area (Å²) in [7, 11) is 0. The van der Waals surface area contributed by atoms with Gasteiger partial charge in [0.15, 0.2) is 5.82 Å². The van der Waals surface area contributed by atoms with Gasteiger partial charge in [-0.25, -0.2) is 18.9 Å². The Bertz CT molecular complexity index is 838. The Kier molecular flexibility index (Phi) is 5.11. The monoisotopic (exact) mass is 378 g/mol. The molecular weight excluding hydrogens is 356 g/mol. The average Bonchev–Trinajstić information content (AvgIpc) is 3.29. The van der Waals surface area contributed by atoms with Crippen LogP contribution in [0.15, 0.2) is 17.2 Å². The Morgan fingerprint density at radius 2 is 2.23 bits per heavy atom. The van der Waals surface area contributed by atoms with Crippen LogP contribution in [0.25, 0.3) is 5.65 Å². The van der Waals surface area contributed by atoms with E-state index < -0.39 is 0 Å². The molecule has 2 aliphatic heterocycles. The van der Waals surface area contributed by atoms with Crippen LogP contribution in [0.1, 0.15) is 12.8 Å². The average molecular weight is 378 g/mol. The maximum Gasteiger partial charge on any atom is 0.350 e. The van der Waals surface area contributed by atoms with Gasteiger partial charge in [-0.1, -0.05) is 0 Å². The standard InChI is InChI=1S/C16H22N6O3S/c23-13(18-10-12-2-1-7-25-12)11-22-16(24)21-4-3-17-14(15(21)19-22)20-5-8-26-9-6-20/h3-4,12H,1-2,5-11H2,(H,18,23)/t12-/m0/s1. The summed E-state index contributed by atoms with van der Waals surface area (Å²) >= 11 is 1.90. The van der Waals surface area contributed by atoms with Gasteiger partial charge in [-0.05, 0) is 12.8 Å². The molecule has 1 N–H and O–H groups in total. The highest BCUT2D eigenvalue weighted by molar-refractivity contribution is 7.99. The molecule has 2 aromatic rings. The Morgan fingerprint density at radius 1 is 1.38 bits per heavy atom. The molecule has 4 heterocycles. The zero-order chi connectivity index (χ0) is 17.9. The Balaban J connectivity index is 1.51. The van der Waals surface area contributed by atoms with Crippen molar-refractivity contribution in [3.8, 4) is 0 Å². The molecular formula is C16H22N6O3S. The number of ether oxygens (including phenoxy) is 1. The molecule has 2 fully saturated rings. The fourth-order valence-electron chi connectivity index (χ4n) is 3.26. The zero-order valence-electron chi connectivity index (χ0n) is 14.5. The van der Waals surface area contributed by atoms with E-state index in [2.05, 4.69) is 20.3 Å². The van der Waals surface area contributed by atoms with E-state index in [1.807, 2.05) is 11.8 Å². The summed E-state index contributed by atoms with van der Waals surface area (Å²) in [5.74, 6) is 2.51. The summed E-state index contributed by atoms with van der Waals surface area (Å²) < 4.78 is 8.14. The number of nitrogens with one attached hydrogen (secondary N) is 1. The molecule has 26 heavy (non-hydrogen) atoms. The predicted octanol–water partition coefficient (Wildman–Crippen LogP) is -0.261. The van der Waals surface area contributed by atoms with Crippen LogP contribution in [-0.2, 0) is 16.1 Å². The van der Waals surface area contributed by atoms with E-state index in [-0.39, 0.29) is 24.2 Å². The molecule has 2 aliphatic rings. The van der Waals surface area contributed by atoms with Gasteiger partial charge in [-0.15, -0.1) is 5.10 Å². The van der Waals surface area contributed by atoms with Crippen LogP contribution in [0.4, 0.5) is 5.82 Å². The Hall–Kier alpha value is -2.07. The molecule has 4 rings (SSSR count). The van der Waals surface area contributed by atoms with Crippen LogP contribution >= 0.6 is 11.8 Å². The third-order valence-electron chi connectivity index (χ3n) is 4.64. The Morgan fingerprint density at radius 3 is 3.00 bits per heavy atom. The summed E-state index contributed by atoms with van der Waals surface area (Å²) in [5.41, 5.74) is 0.165. The molecule has 1 amide bonds. The van der Waals surface area contributed by atoms with E-state index in [0.29, 0.717) is 18.0 Å². The second-order valence-electron chi connectivity index (χ2n) is 6.42. The molecule has 140 valence electrons. The highest BCUT2D eigenvalue weighted by Gasteiger charge is 2.20. The van der Waals surface area contributed by atoms with E-state index in [1.54, 1.807) is 12.4 Å². The topological polar surface area (TPSA) is 93.8 Å². The molecule has 0 bridgehead atoms. The van der Waals surface area contributed by atoms with Crippen molar-refractivity contribution in [2.45, 2.75) is 25.5 Å². The van der Waals surface area contributed by atoms with E-state index >= 15 is 0 Å². The van der Waals surface area contributed by atoms with Gasteiger partial charge in [-0.3, -0.25) is 4.79 Å². The molecule has 0 aromatic carbocycles. The molecule has 0 unspecified atom stereocenters. The number of hydrogen-bond acceptors (Lipinski definition) is 7. The fraction of sp³-hybridized carbons (Fsp3) is 0.625. The van der Waals surface area contributed by atoms with Crippen molar-refractivity contribution >= 4 is 29.1 Å². The second kappa shape index (κ2) is 7.67. The van der Waals surface area contributed by atoms with Crippen molar-refractivity contribution in [3.63, 3.8) is 0 Å². The number of anilines is 1. The first-order valence-electron chi connectivity index (χ1n) is 8.87. The lowest BCUT2D eigenvalue weighted by atomic mass is 10.2. The molecule has 0 spiro atoms. The van der Waals surface area contributed by atoms with Crippen LogP contribution in [0.2, 0.25) is 0 Å². The van der Waals surface area contributed by atoms with Gasteiger partial charge in [-0.2, -0.15) is 11.8 Å². The minimum absolute atomic E-state index is 0.0736. The number of aromatic nitrogens is 4. The number of rotatable bonds is 5. The molecule has 0 aliphatic carbocycles. The number of carbonyl (C=O) groups is 1. The third kappa shape index (κ3) is 3.56. The summed E-state index contributed by atoms with van der Waals surface area (Å²) in [4.78, 5) is 31.3. The van der Waals surface area contributed by atoms with Crippen molar-refractivity contribution in [3.05, 3.63) is 22.9 Å². The maximum atomic E-state index is 12.6. The van der Waals surface area contributed by atoms with Gasteiger partial charge in [0.25, 0.3) is 0 Å². The lowest BCUT2D eigenvalue weighted by Gasteiger charge is -2.27. The summed E-state index contributed by atoms with van der Waals surface area (Å²) in [5, 5.41) is 7.19. The van der Waals surface area contributed by atoms with Crippen molar-refractivity contribution in [2.24, 2.45) is 0 Å². The minimum Gasteiger partial charge on any atom is -0.376 e. The number of nitrogens with zero attached hydrogens (tertiary/aromatic N) is 5. The number of hydrogen-bond donors (Lipinski definition) is 1. The summed E-state index contributed by atoms with van der Waals surface area (Å²) in [6, 6.07) is 0. The molecule has 2 saturated heterocycles. The van der Waals surface area contributed by atoms with Crippen LogP contribution < -0.4 is 15.9 Å². The van der Waals surface area contributed by atoms with Gasteiger partial charge < -0.3 is 15.0 Å². The van der Waals surface area contributed by atoms with E-state index in [1.165, 1.54) is 9.08 Å². The lowest BCUT2D eigenvalue weighted by Crippen LogP contribution is -2.36. The van der Waals surface area contributed by atoms with Gasteiger partial charge in [0, 0.05) is 50.1 Å². The van der Waals surface area contributed by atoms with E-state index in [4.69, 9.17) is 4.74 Å².